The molecular formula is C24H43NO8. The number of amides is 1. The molecule has 0 aliphatic heterocycles. The van der Waals surface area contributed by atoms with Crippen LogP contribution in [0.15, 0.2) is 0 Å². The van der Waals surface area contributed by atoms with Gasteiger partial charge < -0.3 is 29.7 Å². The van der Waals surface area contributed by atoms with Crippen molar-refractivity contribution in [3.63, 3.8) is 0 Å². The minimum absolute atomic E-state index is 0.166. The molecule has 0 heterocycles. The number of aliphatic hydroxyl groups excluding tert-OH is 1. The zero-order valence-corrected chi connectivity index (χ0v) is 20.3. The second kappa shape index (κ2) is 17.4. The van der Waals surface area contributed by atoms with E-state index in [0.717, 1.165) is 51.4 Å². The minimum atomic E-state index is -1.09. The fraction of sp³-hybridized carbons (Fsp3) is 0.875. The normalized spacial score (nSPS) is 16.9. The Hall–Kier alpha value is -2.03. The van der Waals surface area contributed by atoms with E-state index in [1.54, 1.807) is 13.8 Å². The molecule has 0 saturated heterocycles. The van der Waals surface area contributed by atoms with Crippen LogP contribution in [0.3, 0.4) is 0 Å². The van der Waals surface area contributed by atoms with Crippen LogP contribution in [0, 0.1) is 5.92 Å². The van der Waals surface area contributed by atoms with Crippen LogP contribution in [-0.4, -0.2) is 59.9 Å². The Labute approximate surface area is 197 Å². The first kappa shape index (κ1) is 29.0. The summed E-state index contributed by atoms with van der Waals surface area (Å²) in [6.07, 6.45) is 8.73. The van der Waals surface area contributed by atoms with Gasteiger partial charge in [-0.05, 0) is 58.3 Å². The summed E-state index contributed by atoms with van der Waals surface area (Å²) < 4.78 is 15.9. The molecule has 1 amide bonds. The van der Waals surface area contributed by atoms with Crippen LogP contribution in [0.5, 0.6) is 0 Å². The van der Waals surface area contributed by atoms with E-state index in [1.807, 2.05) is 0 Å². The Bertz CT molecular complexity index is 565. The zero-order chi connectivity index (χ0) is 24.5. The summed E-state index contributed by atoms with van der Waals surface area (Å²) in [5, 5.41) is 20.6. The molecule has 192 valence electrons. The van der Waals surface area contributed by atoms with Crippen molar-refractivity contribution in [2.45, 2.75) is 116 Å². The molecule has 3 unspecified atom stereocenters. The number of rotatable bonds is 16. The highest BCUT2D eigenvalue weighted by Gasteiger charge is 2.28. The third kappa shape index (κ3) is 13.3. The van der Waals surface area contributed by atoms with Crippen molar-refractivity contribution in [1.29, 1.82) is 0 Å². The molecule has 1 fully saturated rings. The van der Waals surface area contributed by atoms with E-state index in [0.29, 0.717) is 25.7 Å². The Morgan fingerprint density at radius 1 is 0.939 bits per heavy atom. The molecule has 0 aromatic heterocycles. The van der Waals surface area contributed by atoms with Gasteiger partial charge in [-0.15, -0.1) is 0 Å². The third-order valence-electron chi connectivity index (χ3n) is 6.09. The lowest BCUT2D eigenvalue weighted by atomic mass is 9.83. The predicted molar refractivity (Wildman–Crippen MR) is 123 cm³/mol. The van der Waals surface area contributed by atoms with Gasteiger partial charge >= 0.3 is 18.2 Å². The molecule has 3 N–H and O–H groups in total. The number of nitrogens with one attached hydrogen (secondary N) is 1. The molecule has 0 aromatic rings. The summed E-state index contributed by atoms with van der Waals surface area (Å²) in [6, 6.07) is -0.996. The van der Waals surface area contributed by atoms with Gasteiger partial charge in [-0.2, -0.15) is 0 Å². The summed E-state index contributed by atoms with van der Waals surface area (Å²) in [6.45, 7) is 3.90. The first-order chi connectivity index (χ1) is 15.9. The zero-order valence-electron chi connectivity index (χ0n) is 20.3. The van der Waals surface area contributed by atoms with Crippen molar-refractivity contribution >= 4 is 18.2 Å². The standard InChI is InChI=1S/C24H43NO8/c1-3-31-24(30)33-21(19-12-8-7-9-13-19)16-15-18(2)32-23(29)25-20(22(27)28)14-10-5-4-6-11-17-26/h18-21,26H,3-17H2,1-2H3,(H,25,29)(H,27,28). The molecule has 0 spiro atoms. The molecular weight excluding hydrogens is 430 g/mol. The van der Waals surface area contributed by atoms with Crippen molar-refractivity contribution in [2.24, 2.45) is 5.92 Å². The average molecular weight is 474 g/mol. The fourth-order valence-electron chi connectivity index (χ4n) is 4.24. The highest BCUT2D eigenvalue weighted by atomic mass is 16.7. The molecule has 0 radical (unpaired) electrons. The smallest absolute Gasteiger partial charge is 0.480 e. The van der Waals surface area contributed by atoms with Crippen LogP contribution in [0.2, 0.25) is 0 Å². The molecule has 9 nitrogen and oxygen atoms in total. The van der Waals surface area contributed by atoms with E-state index in [-0.39, 0.29) is 25.2 Å². The number of hydrogen-bond acceptors (Lipinski definition) is 7. The van der Waals surface area contributed by atoms with E-state index >= 15 is 0 Å². The van der Waals surface area contributed by atoms with E-state index in [9.17, 15) is 19.5 Å². The summed E-state index contributed by atoms with van der Waals surface area (Å²) in [5.74, 6) is -0.812. The molecule has 0 aromatic carbocycles. The molecule has 0 bridgehead atoms. The molecule has 3 atom stereocenters. The monoisotopic (exact) mass is 473 g/mol. The highest BCUT2D eigenvalue weighted by molar-refractivity contribution is 5.79. The number of carbonyl (C=O) groups is 3. The number of carbonyl (C=O) groups excluding carboxylic acids is 2. The second-order valence-corrected chi connectivity index (χ2v) is 8.85. The molecule has 1 rings (SSSR count). The maximum Gasteiger partial charge on any atom is 0.508 e. The molecule has 9 heteroatoms. The lowest BCUT2D eigenvalue weighted by Crippen LogP contribution is -2.42. The van der Waals surface area contributed by atoms with Crippen molar-refractivity contribution in [1.82, 2.24) is 5.32 Å². The largest absolute Gasteiger partial charge is 0.508 e. The van der Waals surface area contributed by atoms with Gasteiger partial charge in [0.15, 0.2) is 0 Å². The van der Waals surface area contributed by atoms with Crippen LogP contribution < -0.4 is 5.32 Å². The average Bonchev–Trinajstić information content (AvgIpc) is 2.78. The van der Waals surface area contributed by atoms with Gasteiger partial charge in [-0.3, -0.25) is 0 Å². The van der Waals surface area contributed by atoms with Gasteiger partial charge in [-0.1, -0.05) is 44.9 Å². The summed E-state index contributed by atoms with van der Waals surface area (Å²) in [5.41, 5.74) is 0. The maximum absolute atomic E-state index is 12.2. The van der Waals surface area contributed by atoms with Crippen molar-refractivity contribution in [3.05, 3.63) is 0 Å². The van der Waals surface area contributed by atoms with Crippen molar-refractivity contribution < 1.29 is 38.8 Å². The van der Waals surface area contributed by atoms with Gasteiger partial charge in [0.2, 0.25) is 0 Å². The second-order valence-electron chi connectivity index (χ2n) is 8.85. The summed E-state index contributed by atoms with van der Waals surface area (Å²) in [4.78, 5) is 35.5. The summed E-state index contributed by atoms with van der Waals surface area (Å²) in [7, 11) is 0. The number of unbranched alkanes of at least 4 members (excludes halogenated alkanes) is 4. The Balaban J connectivity index is 2.44. The number of carboxylic acid groups (broad SMARTS) is 1. The predicted octanol–water partition coefficient (Wildman–Crippen LogP) is 4.79. The number of alkyl carbamates (subject to hydrolysis) is 1. The minimum Gasteiger partial charge on any atom is -0.480 e. The van der Waals surface area contributed by atoms with E-state index in [4.69, 9.17) is 19.3 Å². The quantitative estimate of drug-likeness (QED) is 0.215. The highest BCUT2D eigenvalue weighted by Crippen LogP contribution is 2.30. The Morgan fingerprint density at radius 2 is 1.61 bits per heavy atom. The number of aliphatic carboxylic acids is 1. The fourth-order valence-corrected chi connectivity index (χ4v) is 4.24. The van der Waals surface area contributed by atoms with Crippen molar-refractivity contribution in [2.75, 3.05) is 13.2 Å². The molecule has 1 saturated carbocycles. The van der Waals surface area contributed by atoms with E-state index in [2.05, 4.69) is 5.32 Å². The van der Waals surface area contributed by atoms with Gasteiger partial charge in [-0.25, -0.2) is 14.4 Å². The first-order valence-corrected chi connectivity index (χ1v) is 12.5. The van der Waals surface area contributed by atoms with Crippen LogP contribution in [0.25, 0.3) is 0 Å². The number of carboxylic acids is 1. The Morgan fingerprint density at radius 3 is 2.24 bits per heavy atom. The third-order valence-corrected chi connectivity index (χ3v) is 6.09. The lowest BCUT2D eigenvalue weighted by Gasteiger charge is -2.30. The van der Waals surface area contributed by atoms with Gasteiger partial charge in [0.25, 0.3) is 0 Å². The Kier molecular flexibility index (Phi) is 15.3. The molecule has 33 heavy (non-hydrogen) atoms. The van der Waals surface area contributed by atoms with E-state index in [1.165, 1.54) is 6.42 Å². The number of hydrogen-bond donors (Lipinski definition) is 3. The summed E-state index contributed by atoms with van der Waals surface area (Å²) >= 11 is 0. The van der Waals surface area contributed by atoms with Gasteiger partial charge in [0.1, 0.15) is 18.2 Å². The van der Waals surface area contributed by atoms with Crippen LogP contribution >= 0.6 is 0 Å². The van der Waals surface area contributed by atoms with Crippen LogP contribution in [0.4, 0.5) is 9.59 Å². The van der Waals surface area contributed by atoms with Gasteiger partial charge in [0.05, 0.1) is 6.61 Å². The number of aliphatic hydroxyl groups is 1. The van der Waals surface area contributed by atoms with Crippen LogP contribution in [-0.2, 0) is 19.0 Å². The lowest BCUT2D eigenvalue weighted by molar-refractivity contribution is -0.139. The molecule has 1 aliphatic carbocycles. The number of ether oxygens (including phenoxy) is 3. The van der Waals surface area contributed by atoms with Crippen molar-refractivity contribution in [3.8, 4) is 0 Å². The maximum atomic E-state index is 12.2. The topological polar surface area (TPSA) is 131 Å². The van der Waals surface area contributed by atoms with Gasteiger partial charge in [0, 0.05) is 6.61 Å². The SMILES string of the molecule is CCOC(=O)OC(CCC(C)OC(=O)NC(CCCCCCCO)C(=O)O)C1CCCCC1. The van der Waals surface area contributed by atoms with E-state index < -0.39 is 30.4 Å². The molecule has 1 aliphatic rings. The van der Waals surface area contributed by atoms with Crippen LogP contribution in [0.1, 0.15) is 97.3 Å². The first-order valence-electron chi connectivity index (χ1n) is 12.5.